The minimum absolute atomic E-state index is 0.256. The summed E-state index contributed by atoms with van der Waals surface area (Å²) in [6, 6.07) is 8.84. The van der Waals surface area contributed by atoms with E-state index < -0.39 is 6.10 Å². The van der Waals surface area contributed by atoms with Crippen LogP contribution in [0.3, 0.4) is 0 Å². The second-order valence-electron chi connectivity index (χ2n) is 7.26. The van der Waals surface area contributed by atoms with Crippen LogP contribution in [0.15, 0.2) is 41.2 Å². The predicted molar refractivity (Wildman–Crippen MR) is 120 cm³/mol. The molecule has 30 heavy (non-hydrogen) atoms. The van der Waals surface area contributed by atoms with E-state index in [4.69, 9.17) is 23.2 Å². The number of benzene rings is 2. The van der Waals surface area contributed by atoms with E-state index in [9.17, 15) is 9.90 Å². The number of nitrogens with zero attached hydrogens (tertiary/aromatic N) is 3. The molecule has 0 bridgehead atoms. The van der Waals surface area contributed by atoms with Gasteiger partial charge in [0.25, 0.3) is 5.56 Å². The first-order valence-electron chi connectivity index (χ1n) is 9.42. The van der Waals surface area contributed by atoms with E-state index in [1.165, 1.54) is 0 Å². The number of anilines is 2. The molecular formula is C21H17Cl2N5O2. The molecule has 4 aromatic rings. The molecule has 2 aromatic heterocycles. The summed E-state index contributed by atoms with van der Waals surface area (Å²) >= 11 is 12.5. The van der Waals surface area contributed by atoms with Gasteiger partial charge in [0, 0.05) is 7.05 Å². The van der Waals surface area contributed by atoms with Crippen molar-refractivity contribution in [3.63, 3.8) is 0 Å². The van der Waals surface area contributed by atoms with Crippen LogP contribution in [0.25, 0.3) is 27.5 Å². The molecule has 3 N–H and O–H groups in total. The fourth-order valence-corrected chi connectivity index (χ4v) is 4.31. The number of aryl methyl sites for hydroxylation is 1. The third kappa shape index (κ3) is 3.06. The van der Waals surface area contributed by atoms with E-state index in [-0.39, 0.29) is 5.56 Å². The van der Waals surface area contributed by atoms with Gasteiger partial charge < -0.3 is 20.0 Å². The molecule has 0 amide bonds. The van der Waals surface area contributed by atoms with E-state index in [1.54, 1.807) is 34.9 Å². The van der Waals surface area contributed by atoms with Crippen LogP contribution in [-0.4, -0.2) is 30.7 Å². The third-order valence-corrected chi connectivity index (χ3v) is 5.94. The summed E-state index contributed by atoms with van der Waals surface area (Å²) in [5.41, 5.74) is 3.00. The number of imidazole rings is 1. The first kappa shape index (κ1) is 19.1. The van der Waals surface area contributed by atoms with Crippen LogP contribution < -0.4 is 10.9 Å². The number of hydrogen-bond donors (Lipinski definition) is 3. The lowest BCUT2D eigenvalue weighted by atomic mass is 10.1. The van der Waals surface area contributed by atoms with Crippen molar-refractivity contribution in [1.29, 1.82) is 0 Å². The van der Waals surface area contributed by atoms with Crippen LogP contribution in [0, 0.1) is 0 Å². The topological polar surface area (TPSA) is 95.8 Å². The minimum atomic E-state index is -0.495. The molecule has 0 saturated carbocycles. The van der Waals surface area contributed by atoms with Gasteiger partial charge in [0.15, 0.2) is 0 Å². The fourth-order valence-electron chi connectivity index (χ4n) is 3.82. The number of nitrogens with one attached hydrogen (secondary N) is 2. The summed E-state index contributed by atoms with van der Waals surface area (Å²) in [6.07, 6.45) is 2.56. The van der Waals surface area contributed by atoms with Crippen LogP contribution in [-0.2, 0) is 7.05 Å². The second-order valence-corrected chi connectivity index (χ2v) is 8.07. The average molecular weight is 442 g/mol. The molecule has 1 aliphatic rings. The maximum Gasteiger partial charge on any atom is 0.261 e. The van der Waals surface area contributed by atoms with Gasteiger partial charge in [0.05, 0.1) is 43.8 Å². The number of para-hydroxylation sites is 1. The number of aromatic amines is 1. The smallest absolute Gasteiger partial charge is 0.261 e. The monoisotopic (exact) mass is 441 g/mol. The molecule has 2 aromatic carbocycles. The molecule has 0 saturated heterocycles. The first-order chi connectivity index (χ1) is 14.4. The number of aliphatic hydroxyl groups is 1. The lowest BCUT2D eigenvalue weighted by Gasteiger charge is -2.10. The molecule has 0 fully saturated rings. The van der Waals surface area contributed by atoms with Crippen molar-refractivity contribution in [1.82, 2.24) is 19.5 Å². The maximum absolute atomic E-state index is 13.0. The van der Waals surface area contributed by atoms with Gasteiger partial charge >= 0.3 is 0 Å². The summed E-state index contributed by atoms with van der Waals surface area (Å²) in [6.45, 7) is 0. The molecule has 5 rings (SSSR count). The first-order valence-corrected chi connectivity index (χ1v) is 10.2. The molecule has 7 nitrogen and oxygen atoms in total. The minimum Gasteiger partial charge on any atom is -0.389 e. The van der Waals surface area contributed by atoms with Crippen molar-refractivity contribution in [3.05, 3.63) is 62.6 Å². The lowest BCUT2D eigenvalue weighted by Crippen LogP contribution is -2.12. The van der Waals surface area contributed by atoms with Crippen molar-refractivity contribution >= 4 is 62.3 Å². The summed E-state index contributed by atoms with van der Waals surface area (Å²) in [5, 5.41) is 14.3. The van der Waals surface area contributed by atoms with Crippen molar-refractivity contribution in [3.8, 4) is 0 Å². The zero-order chi connectivity index (χ0) is 21.0. The van der Waals surface area contributed by atoms with Gasteiger partial charge in [-0.15, -0.1) is 0 Å². The van der Waals surface area contributed by atoms with Gasteiger partial charge in [-0.3, -0.25) is 4.79 Å². The molecule has 9 heteroatoms. The summed E-state index contributed by atoms with van der Waals surface area (Å²) in [5.74, 6) is 0.990. The lowest BCUT2D eigenvalue weighted by molar-refractivity contribution is 0.223. The number of allylic oxidation sites excluding steroid dienone is 1. The van der Waals surface area contributed by atoms with Crippen LogP contribution in [0.1, 0.15) is 18.7 Å². The molecule has 2 heterocycles. The number of rotatable bonds is 3. The van der Waals surface area contributed by atoms with Crippen molar-refractivity contribution in [2.45, 2.75) is 18.9 Å². The van der Waals surface area contributed by atoms with E-state index in [1.807, 2.05) is 13.1 Å². The quantitative estimate of drug-likeness (QED) is 0.437. The van der Waals surface area contributed by atoms with E-state index in [0.29, 0.717) is 62.3 Å². The van der Waals surface area contributed by atoms with Gasteiger partial charge in [-0.25, -0.2) is 9.97 Å². The largest absolute Gasteiger partial charge is 0.389 e. The van der Waals surface area contributed by atoms with Crippen molar-refractivity contribution < 1.29 is 5.11 Å². The Bertz CT molecular complexity index is 1390. The number of fused-ring (bicyclic) bond motifs is 3. The Morgan fingerprint density at radius 1 is 1.17 bits per heavy atom. The summed E-state index contributed by atoms with van der Waals surface area (Å²) in [4.78, 5) is 25.1. The molecule has 152 valence electrons. The van der Waals surface area contributed by atoms with Crippen molar-refractivity contribution in [2.24, 2.45) is 7.05 Å². The number of halogens is 2. The molecule has 0 aliphatic heterocycles. The van der Waals surface area contributed by atoms with E-state index in [0.717, 1.165) is 5.57 Å². The van der Waals surface area contributed by atoms with Gasteiger partial charge in [-0.05, 0) is 48.8 Å². The molecule has 0 radical (unpaired) electrons. The SMILES string of the molecule is Cn1c(Nc2c(Cl)cccc2Cl)nc2ccc3nc(C4=CC(O)CC4)[nH]c(=O)c3c21. The van der Waals surface area contributed by atoms with Crippen molar-refractivity contribution in [2.75, 3.05) is 5.32 Å². The highest BCUT2D eigenvalue weighted by molar-refractivity contribution is 6.39. The Balaban J connectivity index is 1.67. The number of hydrogen-bond acceptors (Lipinski definition) is 5. The van der Waals surface area contributed by atoms with Crippen LogP contribution >= 0.6 is 23.2 Å². The van der Waals surface area contributed by atoms with Gasteiger partial charge in [-0.2, -0.15) is 0 Å². The zero-order valence-corrected chi connectivity index (χ0v) is 17.4. The Morgan fingerprint density at radius 3 is 2.60 bits per heavy atom. The normalized spacial score (nSPS) is 16.4. The Kier molecular flexibility index (Phi) is 4.54. The summed E-state index contributed by atoms with van der Waals surface area (Å²) < 4.78 is 1.78. The van der Waals surface area contributed by atoms with Crippen LogP contribution in [0.4, 0.5) is 11.6 Å². The molecule has 1 unspecified atom stereocenters. The highest BCUT2D eigenvalue weighted by Crippen LogP contribution is 2.34. The maximum atomic E-state index is 13.0. The Hall–Kier alpha value is -2.87. The highest BCUT2D eigenvalue weighted by Gasteiger charge is 2.20. The number of H-pyrrole nitrogens is 1. The Morgan fingerprint density at radius 2 is 1.90 bits per heavy atom. The Labute approximate surface area is 181 Å². The van der Waals surface area contributed by atoms with E-state index >= 15 is 0 Å². The highest BCUT2D eigenvalue weighted by atomic mass is 35.5. The summed E-state index contributed by atoms with van der Waals surface area (Å²) in [7, 11) is 1.81. The average Bonchev–Trinajstić information content (AvgIpc) is 3.28. The fraction of sp³-hybridized carbons (Fsp3) is 0.190. The van der Waals surface area contributed by atoms with E-state index in [2.05, 4.69) is 20.3 Å². The van der Waals surface area contributed by atoms with Crippen LogP contribution in [0.5, 0.6) is 0 Å². The van der Waals surface area contributed by atoms with Gasteiger partial charge in [-0.1, -0.05) is 29.3 Å². The third-order valence-electron chi connectivity index (χ3n) is 5.31. The molecule has 0 spiro atoms. The molecular weight excluding hydrogens is 425 g/mol. The zero-order valence-electron chi connectivity index (χ0n) is 15.9. The standard InChI is InChI=1S/C21H17Cl2N5O2/c1-28-18-15(25-21(28)26-17-12(22)3-2-4-13(17)23)8-7-14-16(18)20(30)27-19(24-14)10-5-6-11(29)9-10/h2-4,7-9,11,29H,5-6H2,1H3,(H,25,26)(H,24,27,30). The molecule has 1 atom stereocenters. The number of aromatic nitrogens is 4. The molecule has 1 aliphatic carbocycles. The second kappa shape index (κ2) is 7.12. The van der Waals surface area contributed by atoms with Gasteiger partial charge in [0.1, 0.15) is 5.82 Å². The van der Waals surface area contributed by atoms with Gasteiger partial charge in [0.2, 0.25) is 5.95 Å². The number of aliphatic hydroxyl groups excluding tert-OH is 1. The van der Waals surface area contributed by atoms with Crippen LogP contribution in [0.2, 0.25) is 10.0 Å². The predicted octanol–water partition coefficient (Wildman–Crippen LogP) is 4.40.